The van der Waals surface area contributed by atoms with Crippen molar-refractivity contribution in [1.82, 2.24) is 15.6 Å². The molecule has 0 radical (unpaired) electrons. The van der Waals surface area contributed by atoms with Crippen molar-refractivity contribution in [2.45, 2.75) is 26.9 Å². The first kappa shape index (κ1) is 19.8. The lowest BCUT2D eigenvalue weighted by Gasteiger charge is -2.14. The van der Waals surface area contributed by atoms with Gasteiger partial charge in [0.05, 0.1) is 34.4 Å². The summed E-state index contributed by atoms with van der Waals surface area (Å²) in [5.74, 6) is 2.54. The summed E-state index contributed by atoms with van der Waals surface area (Å²) in [6.45, 7) is 5.97. The van der Waals surface area contributed by atoms with Gasteiger partial charge in [-0.15, -0.1) is 11.3 Å². The van der Waals surface area contributed by atoms with E-state index in [2.05, 4.69) is 20.6 Å². The summed E-state index contributed by atoms with van der Waals surface area (Å²) in [4.78, 5) is 10.2. The minimum absolute atomic E-state index is 0.475. The molecule has 26 heavy (non-hydrogen) atoms. The number of hydrogen-bond acceptors (Lipinski definition) is 6. The van der Waals surface area contributed by atoms with Crippen LogP contribution in [0.3, 0.4) is 0 Å². The molecule has 0 atom stereocenters. The van der Waals surface area contributed by atoms with Gasteiger partial charge in [0.1, 0.15) is 5.01 Å². The van der Waals surface area contributed by atoms with E-state index in [0.29, 0.717) is 30.3 Å². The molecule has 0 spiro atoms. The highest BCUT2D eigenvalue weighted by atomic mass is 32.1. The second-order valence-electron chi connectivity index (χ2n) is 5.45. The fourth-order valence-electron chi connectivity index (χ4n) is 2.38. The van der Waals surface area contributed by atoms with Crippen LogP contribution < -0.4 is 24.8 Å². The number of nitrogens with one attached hydrogen (secondary N) is 2. The number of methoxy groups -OCH3 is 3. The molecule has 1 aromatic carbocycles. The van der Waals surface area contributed by atoms with E-state index in [0.717, 1.165) is 23.1 Å². The maximum Gasteiger partial charge on any atom is 0.203 e. The second kappa shape index (κ2) is 9.86. The molecule has 0 aliphatic rings. The van der Waals surface area contributed by atoms with Gasteiger partial charge in [-0.2, -0.15) is 0 Å². The highest BCUT2D eigenvalue weighted by Crippen LogP contribution is 2.38. The van der Waals surface area contributed by atoms with E-state index in [1.165, 1.54) is 4.88 Å². The molecule has 2 rings (SSSR count). The Morgan fingerprint density at radius 1 is 1.12 bits per heavy atom. The number of hydrogen-bond donors (Lipinski definition) is 2. The van der Waals surface area contributed by atoms with Gasteiger partial charge in [-0.1, -0.05) is 0 Å². The van der Waals surface area contributed by atoms with Gasteiger partial charge < -0.3 is 24.8 Å². The number of benzene rings is 1. The number of aryl methyl sites for hydroxylation is 1. The Balaban J connectivity index is 2.12. The predicted molar refractivity (Wildman–Crippen MR) is 105 cm³/mol. The maximum absolute atomic E-state index is 5.39. The molecule has 142 valence electrons. The van der Waals surface area contributed by atoms with Gasteiger partial charge in [-0.25, -0.2) is 9.98 Å². The molecule has 8 heteroatoms. The van der Waals surface area contributed by atoms with Crippen molar-refractivity contribution < 1.29 is 14.2 Å². The van der Waals surface area contributed by atoms with Crippen LogP contribution in [-0.2, 0) is 13.1 Å². The van der Waals surface area contributed by atoms with Crippen molar-refractivity contribution in [3.8, 4) is 17.2 Å². The average Bonchev–Trinajstić information content (AvgIpc) is 3.08. The number of nitrogens with zero attached hydrogens (tertiary/aromatic N) is 2. The van der Waals surface area contributed by atoms with E-state index in [1.54, 1.807) is 32.7 Å². The van der Waals surface area contributed by atoms with Crippen LogP contribution in [0.1, 0.15) is 22.4 Å². The second-order valence-corrected chi connectivity index (χ2v) is 6.77. The molecule has 2 N–H and O–H groups in total. The Hall–Kier alpha value is -2.48. The van der Waals surface area contributed by atoms with Crippen molar-refractivity contribution in [2.75, 3.05) is 27.9 Å². The van der Waals surface area contributed by atoms with E-state index in [1.807, 2.05) is 32.2 Å². The highest BCUT2D eigenvalue weighted by Gasteiger charge is 2.13. The van der Waals surface area contributed by atoms with E-state index in [9.17, 15) is 0 Å². The van der Waals surface area contributed by atoms with E-state index >= 15 is 0 Å². The zero-order valence-electron chi connectivity index (χ0n) is 15.9. The molecular weight excluding hydrogens is 352 g/mol. The number of guanidine groups is 1. The van der Waals surface area contributed by atoms with Crippen LogP contribution in [0, 0.1) is 6.92 Å². The lowest BCUT2D eigenvalue weighted by atomic mass is 10.2. The Morgan fingerprint density at radius 2 is 1.81 bits per heavy atom. The SMILES string of the molecule is CCNC(=NCc1cc(OC)c(OC)c(OC)c1)NCc1ncc(C)s1. The van der Waals surface area contributed by atoms with Crippen LogP contribution in [0.25, 0.3) is 0 Å². The number of thiazole rings is 1. The molecule has 0 saturated carbocycles. The molecule has 0 aliphatic heterocycles. The first-order chi connectivity index (χ1) is 12.6. The van der Waals surface area contributed by atoms with E-state index in [-0.39, 0.29) is 0 Å². The maximum atomic E-state index is 5.39. The van der Waals surface area contributed by atoms with Gasteiger partial charge in [0.2, 0.25) is 5.75 Å². The Bertz CT molecular complexity index is 721. The zero-order chi connectivity index (χ0) is 18.9. The van der Waals surface area contributed by atoms with Crippen LogP contribution in [0.15, 0.2) is 23.3 Å². The van der Waals surface area contributed by atoms with Crippen molar-refractivity contribution in [3.05, 3.63) is 33.8 Å². The Morgan fingerprint density at radius 3 is 2.31 bits per heavy atom. The topological polar surface area (TPSA) is 77.0 Å². The molecule has 7 nitrogen and oxygen atoms in total. The summed E-state index contributed by atoms with van der Waals surface area (Å²) in [5, 5.41) is 7.57. The zero-order valence-corrected chi connectivity index (χ0v) is 16.7. The molecule has 0 fully saturated rings. The largest absolute Gasteiger partial charge is 0.493 e. The van der Waals surface area contributed by atoms with Gasteiger partial charge >= 0.3 is 0 Å². The van der Waals surface area contributed by atoms with E-state index in [4.69, 9.17) is 14.2 Å². The standard InChI is InChI=1S/C18H26N4O3S/c1-6-19-18(22-11-16-20-9-12(2)26-16)21-10-13-7-14(23-3)17(25-5)15(8-13)24-4/h7-9H,6,10-11H2,1-5H3,(H2,19,21,22). The monoisotopic (exact) mass is 378 g/mol. The quantitative estimate of drug-likeness (QED) is 0.543. The smallest absolute Gasteiger partial charge is 0.203 e. The van der Waals surface area contributed by atoms with Gasteiger partial charge in [0.15, 0.2) is 17.5 Å². The number of ether oxygens (including phenoxy) is 3. The lowest BCUT2D eigenvalue weighted by Crippen LogP contribution is -2.36. The molecule has 0 bridgehead atoms. The normalized spacial score (nSPS) is 11.2. The van der Waals surface area contributed by atoms with Gasteiger partial charge in [-0.05, 0) is 31.5 Å². The number of aliphatic imine (C=N–C) groups is 1. The number of rotatable bonds is 8. The predicted octanol–water partition coefficient (Wildman–Crippen LogP) is 2.73. The summed E-state index contributed by atoms with van der Waals surface area (Å²) < 4.78 is 16.1. The third kappa shape index (κ3) is 5.26. The number of aromatic nitrogens is 1. The summed E-state index contributed by atoms with van der Waals surface area (Å²) >= 11 is 1.67. The molecular formula is C18H26N4O3S. The third-order valence-corrected chi connectivity index (χ3v) is 4.48. The fraction of sp³-hybridized carbons (Fsp3) is 0.444. The van der Waals surface area contributed by atoms with Crippen molar-refractivity contribution in [2.24, 2.45) is 4.99 Å². The first-order valence-electron chi connectivity index (χ1n) is 8.33. The molecule has 0 unspecified atom stereocenters. The minimum atomic E-state index is 0.475. The van der Waals surface area contributed by atoms with E-state index < -0.39 is 0 Å². The summed E-state index contributed by atoms with van der Waals surface area (Å²) in [6.07, 6.45) is 1.88. The fourth-order valence-corrected chi connectivity index (χ4v) is 3.11. The Labute approximate surface area is 158 Å². The molecule has 2 aromatic rings. The third-order valence-electron chi connectivity index (χ3n) is 3.56. The molecule has 0 saturated heterocycles. The van der Waals surface area contributed by atoms with Crippen LogP contribution in [0.5, 0.6) is 17.2 Å². The van der Waals surface area contributed by atoms with Crippen molar-refractivity contribution >= 4 is 17.3 Å². The van der Waals surface area contributed by atoms with Gasteiger partial charge in [0.25, 0.3) is 0 Å². The summed E-state index contributed by atoms with van der Waals surface area (Å²) in [7, 11) is 4.80. The van der Waals surface area contributed by atoms with Crippen molar-refractivity contribution in [3.63, 3.8) is 0 Å². The summed E-state index contributed by atoms with van der Waals surface area (Å²) in [6, 6.07) is 3.80. The minimum Gasteiger partial charge on any atom is -0.493 e. The van der Waals surface area contributed by atoms with Crippen LogP contribution >= 0.6 is 11.3 Å². The van der Waals surface area contributed by atoms with Crippen molar-refractivity contribution in [1.29, 1.82) is 0 Å². The van der Waals surface area contributed by atoms with Crippen LogP contribution in [0.4, 0.5) is 0 Å². The van der Waals surface area contributed by atoms with Gasteiger partial charge in [0, 0.05) is 17.6 Å². The van der Waals surface area contributed by atoms with Crippen LogP contribution in [-0.4, -0.2) is 38.8 Å². The van der Waals surface area contributed by atoms with Crippen LogP contribution in [0.2, 0.25) is 0 Å². The molecule has 0 aliphatic carbocycles. The Kier molecular flexibility index (Phi) is 7.53. The van der Waals surface area contributed by atoms with Gasteiger partial charge in [-0.3, -0.25) is 0 Å². The first-order valence-corrected chi connectivity index (χ1v) is 9.15. The highest BCUT2D eigenvalue weighted by molar-refractivity contribution is 7.11. The average molecular weight is 378 g/mol. The molecule has 1 heterocycles. The lowest BCUT2D eigenvalue weighted by molar-refractivity contribution is 0.324. The summed E-state index contributed by atoms with van der Waals surface area (Å²) in [5.41, 5.74) is 0.960. The molecule has 0 amide bonds. The molecule has 1 aromatic heterocycles.